The third-order valence-electron chi connectivity index (χ3n) is 16.7. The number of nitrogens with zero attached hydrogens (tertiary/aromatic N) is 4. The molecule has 4 heterocycles. The summed E-state index contributed by atoms with van der Waals surface area (Å²) in [6, 6.07) is 23.6. The third-order valence-corrected chi connectivity index (χ3v) is 16.7. The number of benzene rings is 4. The summed E-state index contributed by atoms with van der Waals surface area (Å²) in [5.74, 6) is 1.71. The second-order valence-corrected chi connectivity index (χ2v) is 23.9. The summed E-state index contributed by atoms with van der Waals surface area (Å²) in [4.78, 5) is 10.0. The molecular weight excluding hydrogens is 1220 g/mol. The molecule has 4 aromatic carbocycles. The molecule has 4 N–H and O–H groups in total. The van der Waals surface area contributed by atoms with Crippen molar-refractivity contribution in [2.24, 2.45) is 23.7 Å². The van der Waals surface area contributed by atoms with Crippen LogP contribution in [0.15, 0.2) is 72.8 Å². The highest BCUT2D eigenvalue weighted by Gasteiger charge is 2.17. The van der Waals surface area contributed by atoms with Gasteiger partial charge in [0.1, 0.15) is 0 Å². The predicted molar refractivity (Wildman–Crippen MR) is 415 cm³/mol. The summed E-state index contributed by atoms with van der Waals surface area (Å²) >= 11 is 0. The van der Waals surface area contributed by atoms with Gasteiger partial charge in [0.05, 0.1) is 26.4 Å². The molecule has 4 aliphatic rings. The lowest BCUT2D eigenvalue weighted by molar-refractivity contribution is 0.0373. The van der Waals surface area contributed by atoms with Crippen LogP contribution in [0.1, 0.15) is 216 Å². The first kappa shape index (κ1) is 107. The van der Waals surface area contributed by atoms with E-state index >= 15 is 0 Å². The number of aryl methyl sites for hydroxylation is 4. The van der Waals surface area contributed by atoms with Crippen LogP contribution in [0.2, 0.25) is 0 Å². The number of hydrogen-bond acceptors (Lipinski definition) is 10. The first-order valence-corrected chi connectivity index (χ1v) is 31.6. The Bertz CT molecular complexity index is 1980. The Morgan fingerprint density at radius 3 is 0.868 bits per heavy atom. The van der Waals surface area contributed by atoms with Crippen molar-refractivity contribution >= 4 is 49.6 Å². The molecule has 91 heavy (non-hydrogen) atoms. The Morgan fingerprint density at radius 2 is 0.593 bits per heavy atom. The number of hydrogen-bond donors (Lipinski definition) is 4. The summed E-state index contributed by atoms with van der Waals surface area (Å²) in [6.45, 7) is 45.6. The smallest absolute Gasteiger partial charge is 0.157 e. The van der Waals surface area contributed by atoms with Crippen molar-refractivity contribution in [1.29, 1.82) is 0 Å². The first-order valence-electron chi connectivity index (χ1n) is 31.6. The van der Waals surface area contributed by atoms with Crippen molar-refractivity contribution in [3.8, 4) is 23.0 Å². The Hall–Kier alpha value is -3.00. The van der Waals surface area contributed by atoms with Gasteiger partial charge >= 0.3 is 0 Å². The third kappa shape index (κ3) is 45.9. The van der Waals surface area contributed by atoms with Crippen molar-refractivity contribution in [2.45, 2.75) is 225 Å². The van der Waals surface area contributed by atoms with Gasteiger partial charge in [-0.2, -0.15) is 0 Å². The molecule has 0 aliphatic carbocycles. The Kier molecular flexibility index (Phi) is 74.0. The fourth-order valence-corrected chi connectivity index (χ4v) is 10.7. The van der Waals surface area contributed by atoms with Gasteiger partial charge in [-0.25, -0.2) is 0 Å². The van der Waals surface area contributed by atoms with E-state index in [0.717, 1.165) is 76.6 Å². The van der Waals surface area contributed by atoms with Gasteiger partial charge in [0.15, 0.2) is 23.0 Å². The van der Waals surface area contributed by atoms with Gasteiger partial charge in [-0.15, -0.1) is 49.6 Å². The summed E-state index contributed by atoms with van der Waals surface area (Å²) < 4.78 is 10.4. The van der Waals surface area contributed by atoms with Crippen LogP contribution >= 0.6 is 49.6 Å². The molecule has 14 heteroatoms. The second-order valence-electron chi connectivity index (χ2n) is 23.9. The Balaban J connectivity index is -0.000000130. The highest BCUT2D eigenvalue weighted by Crippen LogP contribution is 2.31. The van der Waals surface area contributed by atoms with E-state index in [1.165, 1.54) is 175 Å². The molecule has 4 aliphatic heterocycles. The number of unbranched alkanes of at least 4 members (excludes halogenated alkanes) is 1. The number of likely N-dealkylation sites (tertiary alicyclic amines) is 2. The lowest BCUT2D eigenvalue weighted by Gasteiger charge is -2.26. The minimum absolute atomic E-state index is 0. The van der Waals surface area contributed by atoms with Gasteiger partial charge in [0, 0.05) is 26.2 Å². The maximum Gasteiger partial charge on any atom is 0.157 e. The van der Waals surface area contributed by atoms with E-state index in [2.05, 4.69) is 139 Å². The van der Waals surface area contributed by atoms with Crippen LogP contribution in [-0.2, 0) is 35.2 Å². The number of aromatic hydroxyl groups is 4. The Morgan fingerprint density at radius 1 is 0.330 bits per heavy atom. The molecule has 0 unspecified atom stereocenters. The standard InChI is InChI=1S/C22H30.C18H22O4.C8H17NO.C8H17N.C7H15NO.C7H15N.7CH4.4ClH/c1-15-7-9-21(11-17(15)3)13-19(5)20(6)14-22-10-8-16(2)18(4)12-22;1-11(7-13-3-5-15(19)17(21)9-13)12(2)8-14-4-6-16(20)18(22)10-14;1-2-3-4-9-5-7-10-8-6-9;1-2-6-9-7-4-3-5-8-9;1-2-3-8-4-6-9-7-5-8;1-2-5-8-6-3-4-7-8;;;;;;;;;;;/h7-12,19-20H,13-14H2,1-6H3;3-6,9-12,19-22H,7-8H2,1-2H3;2-8H2,1H3;2-8H2,1H3;2-7H2,1H3;2-7H2,1H3;7*1H4;4*1H/t19-,20+;11-,12+;;;;;;;;;;;;;;;. The van der Waals surface area contributed by atoms with Gasteiger partial charge in [0.2, 0.25) is 0 Å². The van der Waals surface area contributed by atoms with E-state index in [9.17, 15) is 20.4 Å². The molecule has 4 atom stereocenters. The zero-order valence-electron chi connectivity index (χ0n) is 54.5. The molecule has 0 saturated carbocycles. The van der Waals surface area contributed by atoms with Gasteiger partial charge in [-0.1, -0.05) is 169 Å². The van der Waals surface area contributed by atoms with Crippen molar-refractivity contribution in [2.75, 3.05) is 105 Å². The van der Waals surface area contributed by atoms with E-state index in [-0.39, 0.29) is 125 Å². The first-order chi connectivity index (χ1) is 38.5. The summed E-state index contributed by atoms with van der Waals surface area (Å²) in [7, 11) is 0. The molecule has 0 bridgehead atoms. The average Bonchev–Trinajstić information content (AvgIpc) is 3.89. The quantitative estimate of drug-likeness (QED) is 0.0677. The largest absolute Gasteiger partial charge is 0.504 e. The SMILES string of the molecule is C.C.C.C.C.C.C.CCCCN1CCOCC1.CCCN1CCCC1.CCCN1CCCCC1.CCCN1CCOCC1.C[C@H](Cc1ccc(O)c(O)c1)[C@@H](C)Cc1ccc(O)c(O)c1.Cc1ccc(C[C@@H](C)[C@@H](C)Cc2ccc(C)c(C)c2)cc1C.Cl.Cl.Cl.Cl. The van der Waals surface area contributed by atoms with Crippen molar-refractivity contribution in [3.05, 3.63) is 117 Å². The van der Waals surface area contributed by atoms with Crippen LogP contribution in [0, 0.1) is 51.4 Å². The van der Waals surface area contributed by atoms with Crippen molar-refractivity contribution < 1.29 is 29.9 Å². The lowest BCUT2D eigenvalue weighted by Crippen LogP contribution is -2.36. The fourth-order valence-electron chi connectivity index (χ4n) is 10.7. The topological polar surface area (TPSA) is 112 Å². The van der Waals surface area contributed by atoms with Gasteiger partial charge in [-0.3, -0.25) is 9.80 Å². The van der Waals surface area contributed by atoms with E-state index in [0.29, 0.717) is 23.7 Å². The van der Waals surface area contributed by atoms with Crippen LogP contribution in [0.4, 0.5) is 0 Å². The lowest BCUT2D eigenvalue weighted by atomic mass is 9.84. The molecule has 540 valence electrons. The summed E-state index contributed by atoms with van der Waals surface area (Å²) in [5, 5.41) is 37.8. The molecule has 0 radical (unpaired) electrons. The molecule has 8 rings (SSSR count). The molecule has 0 spiro atoms. The summed E-state index contributed by atoms with van der Waals surface area (Å²) in [5.41, 5.74) is 10.5. The Labute approximate surface area is 589 Å². The maximum absolute atomic E-state index is 9.54. The molecular formula is C77H148Cl4N4O6. The van der Waals surface area contributed by atoms with Crippen LogP contribution in [0.5, 0.6) is 23.0 Å². The summed E-state index contributed by atoms with van der Waals surface area (Å²) in [6.07, 6.45) is 17.6. The van der Waals surface area contributed by atoms with Crippen LogP contribution in [0.3, 0.4) is 0 Å². The highest BCUT2D eigenvalue weighted by molar-refractivity contribution is 5.86. The monoisotopic (exact) mass is 1370 g/mol. The zero-order chi connectivity index (χ0) is 58.7. The normalized spacial score (nSPS) is 15.4. The minimum atomic E-state index is -0.107. The molecule has 4 aromatic rings. The molecule has 10 nitrogen and oxygen atoms in total. The number of piperidine rings is 1. The van der Waals surface area contributed by atoms with Crippen LogP contribution in [0.25, 0.3) is 0 Å². The van der Waals surface area contributed by atoms with Gasteiger partial charge in [-0.05, 0) is 250 Å². The number of halogens is 4. The van der Waals surface area contributed by atoms with E-state index < -0.39 is 0 Å². The fraction of sp³-hybridized carbons (Fsp3) is 0.688. The van der Waals surface area contributed by atoms with E-state index in [4.69, 9.17) is 9.47 Å². The molecule has 4 saturated heterocycles. The predicted octanol–water partition coefficient (Wildman–Crippen LogP) is 20.9. The van der Waals surface area contributed by atoms with Crippen molar-refractivity contribution in [1.82, 2.24) is 19.6 Å². The second kappa shape index (κ2) is 63.1. The average molecular weight is 1370 g/mol. The van der Waals surface area contributed by atoms with Crippen LogP contribution in [-0.4, -0.2) is 145 Å². The number of phenolic OH excluding ortho intramolecular Hbond substituents is 4. The minimum Gasteiger partial charge on any atom is -0.504 e. The molecule has 0 aromatic heterocycles. The number of morpholine rings is 2. The number of phenols is 4. The van der Waals surface area contributed by atoms with Crippen LogP contribution < -0.4 is 0 Å². The molecule has 0 amide bonds. The number of ether oxygens (including phenoxy) is 2. The maximum atomic E-state index is 9.54. The highest BCUT2D eigenvalue weighted by atomic mass is 35.5. The molecule has 4 fully saturated rings. The van der Waals surface area contributed by atoms with Gasteiger partial charge in [0.25, 0.3) is 0 Å². The van der Waals surface area contributed by atoms with Crippen molar-refractivity contribution in [3.63, 3.8) is 0 Å². The zero-order valence-corrected chi connectivity index (χ0v) is 57.7. The van der Waals surface area contributed by atoms with E-state index in [1.807, 2.05) is 12.1 Å². The number of rotatable bonds is 19. The van der Waals surface area contributed by atoms with Gasteiger partial charge < -0.3 is 39.7 Å². The van der Waals surface area contributed by atoms with E-state index in [1.54, 1.807) is 12.1 Å².